The molecular formula is C21H31N3O3. The maximum absolute atomic E-state index is 12.4. The second kappa shape index (κ2) is 7.23. The van der Waals surface area contributed by atoms with E-state index in [1.807, 2.05) is 25.7 Å². The molecule has 148 valence electrons. The van der Waals surface area contributed by atoms with E-state index in [0.29, 0.717) is 11.8 Å². The molecule has 3 fully saturated rings. The second-order valence-electron chi connectivity index (χ2n) is 8.90. The molecule has 0 spiro atoms. The van der Waals surface area contributed by atoms with Gasteiger partial charge in [-0.05, 0) is 32.9 Å². The zero-order valence-electron chi connectivity index (χ0n) is 16.7. The third-order valence-corrected chi connectivity index (χ3v) is 5.71. The highest BCUT2D eigenvalue weighted by Crippen LogP contribution is 2.38. The predicted octanol–water partition coefficient (Wildman–Crippen LogP) is 2.83. The Morgan fingerprint density at radius 3 is 2.07 bits per heavy atom. The Morgan fingerprint density at radius 2 is 1.52 bits per heavy atom. The number of nitrogens with zero attached hydrogens (tertiary/aromatic N) is 3. The maximum atomic E-state index is 12.4. The van der Waals surface area contributed by atoms with Crippen LogP contribution in [0.4, 0.5) is 16.2 Å². The van der Waals surface area contributed by atoms with Crippen LogP contribution in [0.25, 0.3) is 0 Å². The van der Waals surface area contributed by atoms with Crippen LogP contribution in [0.2, 0.25) is 0 Å². The average Bonchev–Trinajstić information content (AvgIpc) is 3.20. The molecule has 27 heavy (non-hydrogen) atoms. The molecule has 0 N–H and O–H groups in total. The summed E-state index contributed by atoms with van der Waals surface area (Å²) < 4.78 is 11.1. The summed E-state index contributed by atoms with van der Waals surface area (Å²) in [5.41, 5.74) is 2.19. The Balaban J connectivity index is 1.42. The summed E-state index contributed by atoms with van der Waals surface area (Å²) in [5.74, 6) is 1.05. The quantitative estimate of drug-likeness (QED) is 0.798. The number of morpholine rings is 1. The number of carbonyl (C=O) groups is 1. The van der Waals surface area contributed by atoms with Crippen molar-refractivity contribution in [3.63, 3.8) is 0 Å². The van der Waals surface area contributed by atoms with Crippen molar-refractivity contribution in [2.24, 2.45) is 11.8 Å². The summed E-state index contributed by atoms with van der Waals surface area (Å²) in [4.78, 5) is 19.2. The van der Waals surface area contributed by atoms with Crippen LogP contribution < -0.4 is 9.80 Å². The van der Waals surface area contributed by atoms with Crippen LogP contribution in [0, 0.1) is 11.8 Å². The Bertz CT molecular complexity index is 667. The molecule has 4 rings (SSSR count). The standard InChI is InChI=1S/C21H31N3O3/c1-21(2,3)27-20(25)24-14-16-12-23(13-17(16)15-24)19-7-5-4-6-18(19)22-8-10-26-11-9-22/h4-7,16-17H,8-15H2,1-3H3. The van der Waals surface area contributed by atoms with Gasteiger partial charge in [0.05, 0.1) is 24.6 Å². The first-order valence-corrected chi connectivity index (χ1v) is 10.1. The molecule has 3 saturated heterocycles. The first kappa shape index (κ1) is 18.4. The Kier molecular flexibility index (Phi) is 4.93. The fraction of sp³-hybridized carbons (Fsp3) is 0.667. The van der Waals surface area contributed by atoms with E-state index in [9.17, 15) is 4.79 Å². The van der Waals surface area contributed by atoms with Gasteiger partial charge in [-0.15, -0.1) is 0 Å². The van der Waals surface area contributed by atoms with E-state index in [1.54, 1.807) is 0 Å². The Hall–Kier alpha value is -1.95. The number of anilines is 2. The molecule has 6 heteroatoms. The molecule has 3 aliphatic heterocycles. The fourth-order valence-corrected chi connectivity index (χ4v) is 4.47. The molecule has 0 aromatic heterocycles. The number of amides is 1. The number of likely N-dealkylation sites (tertiary alicyclic amines) is 1. The van der Waals surface area contributed by atoms with Crippen LogP contribution in [0.3, 0.4) is 0 Å². The fourth-order valence-electron chi connectivity index (χ4n) is 4.47. The van der Waals surface area contributed by atoms with Crippen molar-refractivity contribution in [1.29, 1.82) is 0 Å². The van der Waals surface area contributed by atoms with E-state index in [2.05, 4.69) is 34.1 Å². The smallest absolute Gasteiger partial charge is 0.410 e. The van der Waals surface area contributed by atoms with Crippen molar-refractivity contribution in [2.75, 3.05) is 62.3 Å². The number of rotatable bonds is 2. The molecule has 1 aromatic carbocycles. The highest BCUT2D eigenvalue weighted by Gasteiger charge is 2.43. The number of hydrogen-bond donors (Lipinski definition) is 0. The van der Waals surface area contributed by atoms with Gasteiger partial charge >= 0.3 is 6.09 Å². The molecule has 0 radical (unpaired) electrons. The monoisotopic (exact) mass is 373 g/mol. The number of ether oxygens (including phenoxy) is 2. The van der Waals surface area contributed by atoms with Crippen molar-refractivity contribution in [2.45, 2.75) is 26.4 Å². The topological polar surface area (TPSA) is 45.2 Å². The summed E-state index contributed by atoms with van der Waals surface area (Å²) >= 11 is 0. The third kappa shape index (κ3) is 4.00. The third-order valence-electron chi connectivity index (χ3n) is 5.71. The SMILES string of the molecule is CC(C)(C)OC(=O)N1CC2CN(c3ccccc3N3CCOCC3)CC2C1. The average molecular weight is 373 g/mol. The highest BCUT2D eigenvalue weighted by atomic mass is 16.6. The zero-order valence-corrected chi connectivity index (χ0v) is 16.7. The van der Waals surface area contributed by atoms with Gasteiger partial charge in [-0.2, -0.15) is 0 Å². The second-order valence-corrected chi connectivity index (χ2v) is 8.90. The lowest BCUT2D eigenvalue weighted by Gasteiger charge is -2.33. The van der Waals surface area contributed by atoms with Crippen LogP contribution in [0.15, 0.2) is 24.3 Å². The lowest BCUT2D eigenvalue weighted by Crippen LogP contribution is -2.39. The minimum absolute atomic E-state index is 0.169. The minimum Gasteiger partial charge on any atom is -0.444 e. The van der Waals surface area contributed by atoms with E-state index in [-0.39, 0.29) is 6.09 Å². The van der Waals surface area contributed by atoms with Gasteiger partial charge in [0, 0.05) is 51.1 Å². The Labute approximate surface area is 162 Å². The summed E-state index contributed by atoms with van der Waals surface area (Å²) in [6.45, 7) is 12.9. The van der Waals surface area contributed by atoms with Gasteiger partial charge in [0.2, 0.25) is 0 Å². The van der Waals surface area contributed by atoms with Crippen LogP contribution in [-0.4, -0.2) is 69.1 Å². The lowest BCUT2D eigenvalue weighted by molar-refractivity contribution is 0.0282. The maximum Gasteiger partial charge on any atom is 0.410 e. The van der Waals surface area contributed by atoms with E-state index < -0.39 is 5.60 Å². The summed E-state index contributed by atoms with van der Waals surface area (Å²) in [7, 11) is 0. The Morgan fingerprint density at radius 1 is 0.963 bits per heavy atom. The van der Waals surface area contributed by atoms with Crippen LogP contribution in [0.5, 0.6) is 0 Å². The molecule has 0 aliphatic carbocycles. The summed E-state index contributed by atoms with van der Waals surface area (Å²) in [6, 6.07) is 8.70. The van der Waals surface area contributed by atoms with Crippen molar-refractivity contribution >= 4 is 17.5 Å². The first-order valence-electron chi connectivity index (χ1n) is 10.1. The van der Waals surface area contributed by atoms with Gasteiger partial charge in [0.25, 0.3) is 0 Å². The minimum atomic E-state index is -0.433. The van der Waals surface area contributed by atoms with Gasteiger partial charge < -0.3 is 24.2 Å². The first-order chi connectivity index (χ1) is 12.9. The number of carbonyl (C=O) groups excluding carboxylic acids is 1. The van der Waals surface area contributed by atoms with Crippen LogP contribution in [-0.2, 0) is 9.47 Å². The van der Waals surface area contributed by atoms with Gasteiger partial charge in [0.15, 0.2) is 0 Å². The summed E-state index contributed by atoms with van der Waals surface area (Å²) in [6.07, 6.45) is -0.169. The van der Waals surface area contributed by atoms with E-state index >= 15 is 0 Å². The molecular weight excluding hydrogens is 342 g/mol. The van der Waals surface area contributed by atoms with Crippen molar-refractivity contribution < 1.29 is 14.3 Å². The van der Waals surface area contributed by atoms with E-state index in [4.69, 9.17) is 9.47 Å². The van der Waals surface area contributed by atoms with Crippen molar-refractivity contribution in [1.82, 2.24) is 4.90 Å². The number of benzene rings is 1. The molecule has 2 unspecified atom stereocenters. The molecule has 1 amide bonds. The van der Waals surface area contributed by atoms with Crippen molar-refractivity contribution in [3.05, 3.63) is 24.3 Å². The zero-order chi connectivity index (χ0) is 19.0. The number of fused-ring (bicyclic) bond motifs is 1. The number of hydrogen-bond acceptors (Lipinski definition) is 5. The lowest BCUT2D eigenvalue weighted by atomic mass is 10.0. The van der Waals surface area contributed by atoms with Gasteiger partial charge in [0.1, 0.15) is 5.60 Å². The normalized spacial score (nSPS) is 25.7. The summed E-state index contributed by atoms with van der Waals surface area (Å²) in [5, 5.41) is 0. The molecule has 3 aliphatic rings. The number of para-hydroxylation sites is 2. The molecule has 3 heterocycles. The van der Waals surface area contributed by atoms with Crippen LogP contribution in [0.1, 0.15) is 20.8 Å². The molecule has 2 atom stereocenters. The molecule has 1 aromatic rings. The van der Waals surface area contributed by atoms with Gasteiger partial charge in [-0.1, -0.05) is 12.1 Å². The highest BCUT2D eigenvalue weighted by molar-refractivity contribution is 5.72. The van der Waals surface area contributed by atoms with Crippen molar-refractivity contribution in [3.8, 4) is 0 Å². The van der Waals surface area contributed by atoms with E-state index in [1.165, 1.54) is 11.4 Å². The van der Waals surface area contributed by atoms with E-state index in [0.717, 1.165) is 52.5 Å². The van der Waals surface area contributed by atoms with Crippen LogP contribution >= 0.6 is 0 Å². The molecule has 0 bridgehead atoms. The van der Waals surface area contributed by atoms with Gasteiger partial charge in [-0.3, -0.25) is 0 Å². The molecule has 0 saturated carbocycles. The largest absolute Gasteiger partial charge is 0.444 e. The molecule has 6 nitrogen and oxygen atoms in total. The van der Waals surface area contributed by atoms with Gasteiger partial charge in [-0.25, -0.2) is 4.79 Å². The predicted molar refractivity (Wildman–Crippen MR) is 106 cm³/mol.